The SMILES string of the molecule is [B]c1ccc(C)c(-c2ccccc2C)c1. The van der Waals surface area contributed by atoms with Gasteiger partial charge in [-0.25, -0.2) is 0 Å². The first kappa shape index (κ1) is 10.0. The summed E-state index contributed by atoms with van der Waals surface area (Å²) >= 11 is 0. The Labute approximate surface area is 92.4 Å². The largest absolute Gasteiger partial charge is 0.113 e. The van der Waals surface area contributed by atoms with Crippen molar-refractivity contribution >= 4 is 13.3 Å². The predicted octanol–water partition coefficient (Wildman–Crippen LogP) is 2.76. The highest BCUT2D eigenvalue weighted by molar-refractivity contribution is 6.32. The van der Waals surface area contributed by atoms with Crippen LogP contribution in [-0.4, -0.2) is 7.85 Å². The van der Waals surface area contributed by atoms with Crippen LogP contribution in [0.4, 0.5) is 0 Å². The lowest BCUT2D eigenvalue weighted by Gasteiger charge is -2.10. The molecule has 72 valence electrons. The first-order chi connectivity index (χ1) is 7.18. The molecule has 2 aromatic rings. The zero-order chi connectivity index (χ0) is 10.8. The van der Waals surface area contributed by atoms with Crippen LogP contribution >= 0.6 is 0 Å². The van der Waals surface area contributed by atoms with Gasteiger partial charge in [0, 0.05) is 0 Å². The van der Waals surface area contributed by atoms with E-state index in [1.165, 1.54) is 22.3 Å². The third-order valence-corrected chi connectivity index (χ3v) is 2.70. The average Bonchev–Trinajstić information content (AvgIpc) is 2.23. The maximum atomic E-state index is 5.81. The van der Waals surface area contributed by atoms with Gasteiger partial charge in [-0.2, -0.15) is 0 Å². The van der Waals surface area contributed by atoms with Crippen molar-refractivity contribution in [2.45, 2.75) is 13.8 Å². The van der Waals surface area contributed by atoms with Crippen LogP contribution in [0.2, 0.25) is 0 Å². The van der Waals surface area contributed by atoms with E-state index in [1.54, 1.807) is 0 Å². The zero-order valence-corrected chi connectivity index (χ0v) is 9.12. The first-order valence-electron chi connectivity index (χ1n) is 5.10. The summed E-state index contributed by atoms with van der Waals surface area (Å²) in [6.07, 6.45) is 0. The van der Waals surface area contributed by atoms with Gasteiger partial charge >= 0.3 is 0 Å². The van der Waals surface area contributed by atoms with Gasteiger partial charge in [-0.05, 0) is 36.1 Å². The van der Waals surface area contributed by atoms with Crippen LogP contribution in [0.1, 0.15) is 11.1 Å². The minimum atomic E-state index is 0.818. The molecule has 0 aliphatic carbocycles. The molecule has 0 saturated heterocycles. The molecule has 15 heavy (non-hydrogen) atoms. The van der Waals surface area contributed by atoms with Crippen molar-refractivity contribution in [2.75, 3.05) is 0 Å². The molecule has 0 heterocycles. The predicted molar refractivity (Wildman–Crippen MR) is 66.7 cm³/mol. The molecule has 1 heteroatoms. The monoisotopic (exact) mass is 192 g/mol. The van der Waals surface area contributed by atoms with Crippen molar-refractivity contribution in [1.82, 2.24) is 0 Å². The van der Waals surface area contributed by atoms with E-state index in [1.807, 2.05) is 12.1 Å². The van der Waals surface area contributed by atoms with Gasteiger partial charge in [0.05, 0.1) is 0 Å². The molecule has 0 atom stereocenters. The Bertz CT molecular complexity index is 486. The lowest BCUT2D eigenvalue weighted by atomic mass is 9.88. The molecule has 0 bridgehead atoms. The van der Waals surface area contributed by atoms with Crippen molar-refractivity contribution in [3.63, 3.8) is 0 Å². The second kappa shape index (κ2) is 3.94. The zero-order valence-electron chi connectivity index (χ0n) is 9.12. The minimum absolute atomic E-state index is 0.818. The molecule has 0 nitrogen and oxygen atoms in total. The molecule has 0 spiro atoms. The first-order valence-corrected chi connectivity index (χ1v) is 5.10. The Hall–Kier alpha value is -1.50. The molecule has 0 amide bonds. The van der Waals surface area contributed by atoms with E-state index >= 15 is 0 Å². The Balaban J connectivity index is 2.64. The fraction of sp³-hybridized carbons (Fsp3) is 0.143. The third kappa shape index (κ3) is 1.96. The van der Waals surface area contributed by atoms with E-state index in [4.69, 9.17) is 7.85 Å². The lowest BCUT2D eigenvalue weighted by Crippen LogP contribution is -2.02. The molecule has 0 aliphatic heterocycles. The van der Waals surface area contributed by atoms with Gasteiger partial charge in [0.25, 0.3) is 0 Å². The molecule has 2 aromatic carbocycles. The van der Waals surface area contributed by atoms with Gasteiger partial charge in [-0.1, -0.05) is 47.9 Å². The van der Waals surface area contributed by atoms with Gasteiger partial charge in [-0.3, -0.25) is 0 Å². The van der Waals surface area contributed by atoms with Crippen LogP contribution in [0.5, 0.6) is 0 Å². The van der Waals surface area contributed by atoms with Crippen molar-refractivity contribution in [3.8, 4) is 11.1 Å². The second-order valence-corrected chi connectivity index (χ2v) is 3.89. The van der Waals surface area contributed by atoms with Gasteiger partial charge in [0.2, 0.25) is 0 Å². The van der Waals surface area contributed by atoms with E-state index in [-0.39, 0.29) is 0 Å². The third-order valence-electron chi connectivity index (χ3n) is 2.70. The van der Waals surface area contributed by atoms with Crippen molar-refractivity contribution < 1.29 is 0 Å². The van der Waals surface area contributed by atoms with Crippen LogP contribution in [0.3, 0.4) is 0 Å². The quantitative estimate of drug-likeness (QED) is 0.609. The Morgan fingerprint density at radius 2 is 1.47 bits per heavy atom. The van der Waals surface area contributed by atoms with Crippen LogP contribution in [-0.2, 0) is 0 Å². The highest BCUT2D eigenvalue weighted by Crippen LogP contribution is 2.25. The van der Waals surface area contributed by atoms with Gasteiger partial charge in [0.15, 0.2) is 0 Å². The summed E-state index contributed by atoms with van der Waals surface area (Å²) < 4.78 is 0. The van der Waals surface area contributed by atoms with Gasteiger partial charge in [0.1, 0.15) is 7.85 Å². The molecule has 0 N–H and O–H groups in total. The highest BCUT2D eigenvalue weighted by Gasteiger charge is 2.03. The maximum absolute atomic E-state index is 5.81. The molecule has 0 fully saturated rings. The van der Waals surface area contributed by atoms with Crippen LogP contribution in [0.15, 0.2) is 42.5 Å². The van der Waals surface area contributed by atoms with E-state index in [0.717, 1.165) is 5.46 Å². The fourth-order valence-corrected chi connectivity index (χ4v) is 1.80. The van der Waals surface area contributed by atoms with Crippen molar-refractivity contribution in [3.05, 3.63) is 53.6 Å². The maximum Gasteiger partial charge on any atom is 0.113 e. The number of benzene rings is 2. The summed E-state index contributed by atoms with van der Waals surface area (Å²) in [5.74, 6) is 0. The Morgan fingerprint density at radius 3 is 2.20 bits per heavy atom. The smallest absolute Gasteiger partial charge is 0.0960 e. The van der Waals surface area contributed by atoms with Gasteiger partial charge < -0.3 is 0 Å². The van der Waals surface area contributed by atoms with Crippen molar-refractivity contribution in [2.24, 2.45) is 0 Å². The number of aryl methyl sites for hydroxylation is 2. The van der Waals surface area contributed by atoms with Gasteiger partial charge in [-0.15, -0.1) is 0 Å². The van der Waals surface area contributed by atoms with Crippen molar-refractivity contribution in [1.29, 1.82) is 0 Å². The molecule has 2 rings (SSSR count). The minimum Gasteiger partial charge on any atom is -0.0960 e. The number of hydrogen-bond acceptors (Lipinski definition) is 0. The molecular formula is C14H13B. The number of rotatable bonds is 1. The molecule has 0 aliphatic rings. The van der Waals surface area contributed by atoms with E-state index in [2.05, 4.69) is 44.2 Å². The van der Waals surface area contributed by atoms with Crippen LogP contribution < -0.4 is 5.46 Å². The summed E-state index contributed by atoms with van der Waals surface area (Å²) in [5, 5.41) is 0. The van der Waals surface area contributed by atoms with Crippen LogP contribution in [0.25, 0.3) is 11.1 Å². The molecule has 0 aromatic heterocycles. The van der Waals surface area contributed by atoms with E-state index in [0.29, 0.717) is 0 Å². The standard InChI is InChI=1S/C14H13B/c1-10-5-3-4-6-13(10)14-9-12(15)8-7-11(14)2/h3-9H,1-2H3. The summed E-state index contributed by atoms with van der Waals surface area (Å²) in [6.45, 7) is 4.24. The normalized spacial score (nSPS) is 10.3. The fourth-order valence-electron chi connectivity index (χ4n) is 1.80. The molecular weight excluding hydrogens is 179 g/mol. The Morgan fingerprint density at radius 1 is 0.800 bits per heavy atom. The number of hydrogen-bond donors (Lipinski definition) is 0. The van der Waals surface area contributed by atoms with Crippen LogP contribution in [0, 0.1) is 13.8 Å². The molecule has 0 unspecified atom stereocenters. The highest BCUT2D eigenvalue weighted by atomic mass is 14.1. The summed E-state index contributed by atoms with van der Waals surface area (Å²) in [5.41, 5.74) is 5.86. The topological polar surface area (TPSA) is 0 Å². The molecule has 2 radical (unpaired) electrons. The second-order valence-electron chi connectivity index (χ2n) is 3.89. The lowest BCUT2D eigenvalue weighted by molar-refractivity contribution is 1.42. The summed E-state index contributed by atoms with van der Waals surface area (Å²) in [6, 6.07) is 14.4. The summed E-state index contributed by atoms with van der Waals surface area (Å²) in [7, 11) is 5.81. The molecule has 0 saturated carbocycles. The summed E-state index contributed by atoms with van der Waals surface area (Å²) in [4.78, 5) is 0. The Kier molecular flexibility index (Phi) is 2.63. The van der Waals surface area contributed by atoms with E-state index in [9.17, 15) is 0 Å². The van der Waals surface area contributed by atoms with E-state index < -0.39 is 0 Å². The average molecular weight is 192 g/mol.